The molecule has 0 bridgehead atoms. The fourth-order valence-electron chi connectivity index (χ4n) is 2.67. The SMILES string of the molecule is C[C@@H](O)[C@H](NC(=O)OCc1ccccc1)C(=O)N[C@H](Cc1ccc(Cl)cc1Cl)C(=O)O. The van der Waals surface area contributed by atoms with Gasteiger partial charge in [0, 0.05) is 16.5 Å². The van der Waals surface area contributed by atoms with Crippen LogP contribution in [0, 0.1) is 0 Å². The summed E-state index contributed by atoms with van der Waals surface area (Å²) < 4.78 is 5.05. The standard InChI is InChI=1S/C21H22Cl2N2O6/c1-12(26)18(25-21(30)31-11-13-5-3-2-4-6-13)19(27)24-17(20(28)29)9-14-7-8-15(22)10-16(14)23/h2-8,10,12,17-18,26H,9,11H2,1H3,(H,24,27)(H,25,30)(H,28,29)/t12-,17-,18+/m1/s1. The predicted octanol–water partition coefficient (Wildman–Crippen LogP) is 2.78. The summed E-state index contributed by atoms with van der Waals surface area (Å²) >= 11 is 11.9. The van der Waals surface area contributed by atoms with Gasteiger partial charge in [-0.3, -0.25) is 4.79 Å². The van der Waals surface area contributed by atoms with E-state index in [0.717, 1.165) is 5.56 Å². The molecule has 0 radical (unpaired) electrons. The minimum Gasteiger partial charge on any atom is -0.480 e. The van der Waals surface area contributed by atoms with Crippen LogP contribution in [0.5, 0.6) is 0 Å². The van der Waals surface area contributed by atoms with Crippen LogP contribution in [0.15, 0.2) is 48.5 Å². The Bertz CT molecular complexity index is 923. The third-order valence-electron chi connectivity index (χ3n) is 4.30. The highest BCUT2D eigenvalue weighted by atomic mass is 35.5. The van der Waals surface area contributed by atoms with E-state index in [-0.39, 0.29) is 18.1 Å². The van der Waals surface area contributed by atoms with Crippen molar-refractivity contribution in [1.82, 2.24) is 10.6 Å². The molecule has 3 atom stereocenters. The zero-order chi connectivity index (χ0) is 23.0. The third kappa shape index (κ3) is 7.75. The average molecular weight is 469 g/mol. The van der Waals surface area contributed by atoms with Gasteiger partial charge >= 0.3 is 12.1 Å². The molecule has 31 heavy (non-hydrogen) atoms. The van der Waals surface area contributed by atoms with Crippen molar-refractivity contribution in [3.63, 3.8) is 0 Å². The molecule has 0 aliphatic carbocycles. The van der Waals surface area contributed by atoms with Gasteiger partial charge in [0.05, 0.1) is 6.10 Å². The number of amides is 2. The topological polar surface area (TPSA) is 125 Å². The molecule has 0 fully saturated rings. The summed E-state index contributed by atoms with van der Waals surface area (Å²) in [7, 11) is 0. The largest absolute Gasteiger partial charge is 0.480 e. The molecule has 2 aromatic carbocycles. The Labute approximate surface area is 189 Å². The predicted molar refractivity (Wildman–Crippen MR) is 115 cm³/mol. The second-order valence-corrected chi connectivity index (χ2v) is 7.61. The van der Waals surface area contributed by atoms with Crippen molar-refractivity contribution >= 4 is 41.2 Å². The minimum absolute atomic E-state index is 0.0341. The number of carboxylic acid groups (broad SMARTS) is 1. The Morgan fingerprint density at radius 3 is 2.32 bits per heavy atom. The molecule has 0 aromatic heterocycles. The van der Waals surface area contributed by atoms with Crippen LogP contribution in [0.3, 0.4) is 0 Å². The molecular weight excluding hydrogens is 447 g/mol. The Kier molecular flexibility index (Phi) is 9.11. The van der Waals surface area contributed by atoms with Crippen LogP contribution < -0.4 is 10.6 Å². The lowest BCUT2D eigenvalue weighted by molar-refractivity contribution is -0.142. The highest BCUT2D eigenvalue weighted by molar-refractivity contribution is 6.35. The first-order valence-corrected chi connectivity index (χ1v) is 10.1. The number of aliphatic hydroxyl groups is 1. The van der Waals surface area contributed by atoms with Gasteiger partial charge in [-0.25, -0.2) is 9.59 Å². The summed E-state index contributed by atoms with van der Waals surface area (Å²) in [5.41, 5.74) is 1.20. The molecule has 166 valence electrons. The molecular formula is C21H22Cl2N2O6. The average Bonchev–Trinajstić information content (AvgIpc) is 2.72. The first-order valence-electron chi connectivity index (χ1n) is 9.29. The number of alkyl carbamates (subject to hydrolysis) is 1. The monoisotopic (exact) mass is 468 g/mol. The Balaban J connectivity index is 2.01. The molecule has 10 heteroatoms. The maximum atomic E-state index is 12.6. The number of carboxylic acids is 1. The van der Waals surface area contributed by atoms with Crippen molar-refractivity contribution in [3.05, 3.63) is 69.7 Å². The summed E-state index contributed by atoms with van der Waals surface area (Å²) in [6.07, 6.45) is -2.36. The summed E-state index contributed by atoms with van der Waals surface area (Å²) in [5.74, 6) is -2.19. The van der Waals surface area contributed by atoms with Crippen molar-refractivity contribution in [2.45, 2.75) is 38.1 Å². The zero-order valence-electron chi connectivity index (χ0n) is 16.5. The second-order valence-electron chi connectivity index (χ2n) is 6.76. The second kappa shape index (κ2) is 11.5. The summed E-state index contributed by atoms with van der Waals surface area (Å²) in [6.45, 7) is 1.25. The van der Waals surface area contributed by atoms with Crippen LogP contribution in [-0.4, -0.2) is 46.4 Å². The van der Waals surface area contributed by atoms with Gasteiger partial charge in [0.25, 0.3) is 0 Å². The summed E-state index contributed by atoms with van der Waals surface area (Å²) in [5, 5.41) is 24.6. The highest BCUT2D eigenvalue weighted by Crippen LogP contribution is 2.22. The van der Waals surface area contributed by atoms with E-state index < -0.39 is 36.2 Å². The van der Waals surface area contributed by atoms with E-state index in [9.17, 15) is 24.6 Å². The van der Waals surface area contributed by atoms with Gasteiger partial charge in [0.1, 0.15) is 18.7 Å². The van der Waals surface area contributed by atoms with E-state index in [1.54, 1.807) is 36.4 Å². The molecule has 0 unspecified atom stereocenters. The number of hydrogen-bond donors (Lipinski definition) is 4. The molecule has 2 aromatic rings. The van der Waals surface area contributed by atoms with Crippen molar-refractivity contribution in [3.8, 4) is 0 Å². The van der Waals surface area contributed by atoms with Crippen molar-refractivity contribution in [2.24, 2.45) is 0 Å². The lowest BCUT2D eigenvalue weighted by Crippen LogP contribution is -2.56. The number of ether oxygens (including phenoxy) is 1. The van der Waals surface area contributed by atoms with Gasteiger partial charge in [-0.2, -0.15) is 0 Å². The van der Waals surface area contributed by atoms with Crippen LogP contribution in [0.4, 0.5) is 4.79 Å². The third-order valence-corrected chi connectivity index (χ3v) is 4.89. The van der Waals surface area contributed by atoms with E-state index >= 15 is 0 Å². The van der Waals surface area contributed by atoms with Crippen LogP contribution in [-0.2, 0) is 27.4 Å². The molecule has 0 spiro atoms. The quantitative estimate of drug-likeness (QED) is 0.448. The van der Waals surface area contributed by atoms with Gasteiger partial charge in [0.15, 0.2) is 0 Å². The number of rotatable bonds is 9. The first-order chi connectivity index (χ1) is 14.7. The fourth-order valence-corrected chi connectivity index (χ4v) is 3.15. The summed E-state index contributed by atoms with van der Waals surface area (Å²) in [4.78, 5) is 36.3. The number of aliphatic carboxylic acids is 1. The van der Waals surface area contributed by atoms with Gasteiger partial charge in [-0.15, -0.1) is 0 Å². The molecule has 0 saturated carbocycles. The maximum Gasteiger partial charge on any atom is 0.408 e. The Morgan fingerprint density at radius 1 is 1.06 bits per heavy atom. The molecule has 2 amide bonds. The van der Waals surface area contributed by atoms with E-state index in [0.29, 0.717) is 10.6 Å². The lowest BCUT2D eigenvalue weighted by atomic mass is 10.0. The highest BCUT2D eigenvalue weighted by Gasteiger charge is 2.30. The molecule has 0 heterocycles. The molecule has 4 N–H and O–H groups in total. The van der Waals surface area contributed by atoms with Crippen molar-refractivity contribution in [1.29, 1.82) is 0 Å². The number of benzene rings is 2. The molecule has 8 nitrogen and oxygen atoms in total. The van der Waals surface area contributed by atoms with E-state index in [1.165, 1.54) is 13.0 Å². The van der Waals surface area contributed by atoms with Crippen molar-refractivity contribution in [2.75, 3.05) is 0 Å². The number of hydrogen-bond acceptors (Lipinski definition) is 5. The van der Waals surface area contributed by atoms with Gasteiger partial charge in [0.2, 0.25) is 5.91 Å². The minimum atomic E-state index is -1.43. The molecule has 0 aliphatic rings. The van der Waals surface area contributed by atoms with Crippen LogP contribution in [0.25, 0.3) is 0 Å². The van der Waals surface area contributed by atoms with Crippen LogP contribution in [0.1, 0.15) is 18.1 Å². The number of carbonyl (C=O) groups excluding carboxylic acids is 2. The molecule has 0 aliphatic heterocycles. The molecule has 2 rings (SSSR count). The van der Waals surface area contributed by atoms with Gasteiger partial charge < -0.3 is 25.6 Å². The van der Waals surface area contributed by atoms with Crippen LogP contribution in [0.2, 0.25) is 10.0 Å². The zero-order valence-corrected chi connectivity index (χ0v) is 18.1. The number of nitrogens with one attached hydrogen (secondary N) is 2. The smallest absolute Gasteiger partial charge is 0.408 e. The van der Waals surface area contributed by atoms with E-state index in [1.807, 2.05) is 6.07 Å². The number of halogens is 2. The fraction of sp³-hybridized carbons (Fsp3) is 0.286. The Hall–Kier alpha value is -2.81. The van der Waals surface area contributed by atoms with Crippen LogP contribution >= 0.6 is 23.2 Å². The lowest BCUT2D eigenvalue weighted by Gasteiger charge is -2.23. The Morgan fingerprint density at radius 2 is 1.74 bits per heavy atom. The number of aliphatic hydroxyl groups excluding tert-OH is 1. The summed E-state index contributed by atoms with van der Waals surface area (Å²) in [6, 6.07) is 10.7. The normalized spacial score (nSPS) is 13.5. The maximum absolute atomic E-state index is 12.6. The van der Waals surface area contributed by atoms with Gasteiger partial charge in [-0.05, 0) is 30.2 Å². The number of carbonyl (C=O) groups is 3. The van der Waals surface area contributed by atoms with Crippen molar-refractivity contribution < 1.29 is 29.3 Å². The van der Waals surface area contributed by atoms with E-state index in [2.05, 4.69) is 10.6 Å². The molecule has 0 saturated heterocycles. The van der Waals surface area contributed by atoms with Gasteiger partial charge in [-0.1, -0.05) is 59.6 Å². The first kappa shape index (κ1) is 24.5. The van der Waals surface area contributed by atoms with E-state index in [4.69, 9.17) is 27.9 Å².